The fourth-order valence-electron chi connectivity index (χ4n) is 7.32. The van der Waals surface area contributed by atoms with Gasteiger partial charge in [0, 0.05) is 23.2 Å². The van der Waals surface area contributed by atoms with Gasteiger partial charge in [0.05, 0.1) is 24.1 Å². The molecule has 4 nitrogen and oxygen atoms in total. The highest BCUT2D eigenvalue weighted by molar-refractivity contribution is 5.92. The Hall–Kier alpha value is -1.13. The van der Waals surface area contributed by atoms with Crippen LogP contribution in [0.1, 0.15) is 65.7 Å². The van der Waals surface area contributed by atoms with Crippen LogP contribution in [0.4, 0.5) is 0 Å². The van der Waals surface area contributed by atoms with Crippen molar-refractivity contribution < 1.29 is 19.7 Å². The Morgan fingerprint density at radius 1 is 1.26 bits per heavy atom. The maximum absolute atomic E-state index is 12.4. The lowest BCUT2D eigenvalue weighted by molar-refractivity contribution is -0.197. The van der Waals surface area contributed by atoms with Crippen LogP contribution < -0.4 is 0 Å². The van der Waals surface area contributed by atoms with Crippen molar-refractivity contribution in [1.29, 1.82) is 0 Å². The molecule has 3 fully saturated rings. The van der Waals surface area contributed by atoms with Crippen LogP contribution in [0.3, 0.4) is 0 Å². The highest BCUT2D eigenvalue weighted by atomic mass is 16.5. The molecule has 4 aliphatic rings. The summed E-state index contributed by atoms with van der Waals surface area (Å²) in [5.41, 5.74) is -0.212. The standard InChI is InChI=1S/C23H34O4/c1-5-27-14(2)19-13-16(24)12-15-6-7-18-17(22(15,19)4)8-10-21(3)20(25)9-11-23(18,21)26/h12,17-20,25-26H,2,5-11,13H2,1,3-4H3/t17-,18+,19?,20-,21+,22-,23+/m0/s1. The Balaban J connectivity index is 1.77. The predicted octanol–water partition coefficient (Wildman–Crippen LogP) is 3.77. The molecule has 2 N–H and O–H groups in total. The van der Waals surface area contributed by atoms with Crippen LogP contribution in [0.15, 0.2) is 24.0 Å². The van der Waals surface area contributed by atoms with E-state index in [0.717, 1.165) is 25.7 Å². The molecule has 4 aliphatic carbocycles. The topological polar surface area (TPSA) is 66.8 Å². The molecule has 0 bridgehead atoms. The minimum absolute atomic E-state index is 0.0305. The van der Waals surface area contributed by atoms with E-state index < -0.39 is 17.1 Å². The molecule has 4 rings (SSSR count). The molecular weight excluding hydrogens is 340 g/mol. The van der Waals surface area contributed by atoms with Gasteiger partial charge in [0.25, 0.3) is 0 Å². The Bertz CT molecular complexity index is 696. The van der Waals surface area contributed by atoms with Crippen LogP contribution in [-0.4, -0.2) is 34.3 Å². The third-order valence-corrected chi connectivity index (χ3v) is 8.97. The summed E-state index contributed by atoms with van der Waals surface area (Å²) in [6.07, 6.45) is 6.79. The molecule has 27 heavy (non-hydrogen) atoms. The molecule has 0 spiro atoms. The first-order valence-corrected chi connectivity index (χ1v) is 10.6. The number of aliphatic hydroxyl groups is 2. The molecule has 0 aromatic rings. The average molecular weight is 375 g/mol. The monoisotopic (exact) mass is 374 g/mol. The van der Waals surface area contributed by atoms with Gasteiger partial charge in [-0.2, -0.15) is 0 Å². The fraction of sp³-hybridized carbons (Fsp3) is 0.783. The van der Waals surface area contributed by atoms with Crippen molar-refractivity contribution in [2.45, 2.75) is 77.4 Å². The maximum atomic E-state index is 12.4. The van der Waals surface area contributed by atoms with Crippen LogP contribution in [-0.2, 0) is 9.53 Å². The number of carbonyl (C=O) groups is 1. The molecule has 0 amide bonds. The van der Waals surface area contributed by atoms with Crippen molar-refractivity contribution in [3.05, 3.63) is 24.0 Å². The van der Waals surface area contributed by atoms with Gasteiger partial charge in [-0.05, 0) is 63.4 Å². The van der Waals surface area contributed by atoms with Crippen molar-refractivity contribution in [2.24, 2.45) is 28.6 Å². The van der Waals surface area contributed by atoms with E-state index in [9.17, 15) is 15.0 Å². The van der Waals surface area contributed by atoms with Gasteiger partial charge in [-0.15, -0.1) is 0 Å². The summed E-state index contributed by atoms with van der Waals surface area (Å²) in [6.45, 7) is 11.0. The van der Waals surface area contributed by atoms with Crippen molar-refractivity contribution in [1.82, 2.24) is 0 Å². The molecule has 0 aliphatic heterocycles. The Kier molecular flexibility index (Phi) is 4.40. The molecule has 1 unspecified atom stereocenters. The highest BCUT2D eigenvalue weighted by Crippen LogP contribution is 2.68. The van der Waals surface area contributed by atoms with Crippen molar-refractivity contribution in [3.63, 3.8) is 0 Å². The number of aliphatic hydroxyl groups excluding tert-OH is 1. The van der Waals surface area contributed by atoms with Crippen LogP contribution in [0.2, 0.25) is 0 Å². The van der Waals surface area contributed by atoms with Crippen molar-refractivity contribution in [2.75, 3.05) is 6.61 Å². The van der Waals surface area contributed by atoms with Crippen molar-refractivity contribution in [3.8, 4) is 0 Å². The normalized spacial score (nSPS) is 48.9. The number of ether oxygens (including phenoxy) is 1. The average Bonchev–Trinajstić information content (AvgIpc) is 2.86. The third-order valence-electron chi connectivity index (χ3n) is 8.97. The first-order valence-electron chi connectivity index (χ1n) is 10.6. The zero-order chi connectivity index (χ0) is 19.6. The first-order chi connectivity index (χ1) is 12.7. The van der Waals surface area contributed by atoms with Crippen molar-refractivity contribution >= 4 is 5.78 Å². The van der Waals surface area contributed by atoms with Gasteiger partial charge < -0.3 is 14.9 Å². The molecule has 0 aromatic carbocycles. The van der Waals surface area contributed by atoms with Gasteiger partial charge >= 0.3 is 0 Å². The largest absolute Gasteiger partial charge is 0.499 e. The van der Waals surface area contributed by atoms with E-state index in [2.05, 4.69) is 20.4 Å². The van der Waals surface area contributed by atoms with E-state index in [4.69, 9.17) is 4.74 Å². The number of carbonyl (C=O) groups excluding carboxylic acids is 1. The predicted molar refractivity (Wildman–Crippen MR) is 104 cm³/mol. The number of fused-ring (bicyclic) bond motifs is 5. The van der Waals surface area contributed by atoms with Crippen LogP contribution in [0.25, 0.3) is 0 Å². The molecule has 3 saturated carbocycles. The van der Waals surface area contributed by atoms with Gasteiger partial charge in [-0.1, -0.05) is 26.0 Å². The summed E-state index contributed by atoms with van der Waals surface area (Å²) in [4.78, 5) is 12.4. The third kappa shape index (κ3) is 2.38. The SMILES string of the molecule is C=C(OCC)C1CC(=O)C=C2CC[C@@H]3[C@H](CC[C@]4(C)[C@@H](O)CC[C@@]34O)[C@]21C. The Morgan fingerprint density at radius 2 is 2.00 bits per heavy atom. The second kappa shape index (κ2) is 6.18. The summed E-state index contributed by atoms with van der Waals surface area (Å²) >= 11 is 0. The van der Waals surface area contributed by atoms with Gasteiger partial charge in [0.1, 0.15) is 0 Å². The van der Waals surface area contributed by atoms with Crippen LogP contribution in [0, 0.1) is 28.6 Å². The number of allylic oxidation sites excluding steroid dienone is 2. The van der Waals surface area contributed by atoms with Gasteiger partial charge in [-0.3, -0.25) is 4.79 Å². The minimum Gasteiger partial charge on any atom is -0.499 e. The smallest absolute Gasteiger partial charge is 0.156 e. The zero-order valence-electron chi connectivity index (χ0n) is 17.0. The molecule has 150 valence electrons. The molecule has 0 aromatic heterocycles. The molecule has 7 atom stereocenters. The Morgan fingerprint density at radius 3 is 2.70 bits per heavy atom. The van der Waals surface area contributed by atoms with E-state index in [1.54, 1.807) is 0 Å². The lowest BCUT2D eigenvalue weighted by atomic mass is 9.43. The maximum Gasteiger partial charge on any atom is 0.156 e. The number of ketones is 1. The molecule has 0 saturated heterocycles. The van der Waals surface area contributed by atoms with Crippen LogP contribution >= 0.6 is 0 Å². The zero-order valence-corrected chi connectivity index (χ0v) is 17.0. The summed E-state index contributed by atoms with van der Waals surface area (Å²) < 4.78 is 5.80. The molecular formula is C23H34O4. The minimum atomic E-state index is -0.817. The Labute approximate surface area is 162 Å². The lowest BCUT2D eigenvalue weighted by Crippen LogP contribution is -2.62. The fourth-order valence-corrected chi connectivity index (χ4v) is 7.32. The summed E-state index contributed by atoms with van der Waals surface area (Å²) in [7, 11) is 0. The van der Waals surface area contributed by atoms with Gasteiger partial charge in [0.2, 0.25) is 0 Å². The van der Waals surface area contributed by atoms with Gasteiger partial charge in [0.15, 0.2) is 5.78 Å². The number of hydrogen-bond donors (Lipinski definition) is 2. The lowest BCUT2D eigenvalue weighted by Gasteiger charge is -2.62. The van der Waals surface area contributed by atoms with Crippen LogP contribution in [0.5, 0.6) is 0 Å². The molecule has 0 heterocycles. The number of hydrogen-bond acceptors (Lipinski definition) is 4. The first kappa shape index (κ1) is 19.2. The molecule has 4 heteroatoms. The second-order valence-electron chi connectivity index (χ2n) is 9.76. The van der Waals surface area contributed by atoms with Gasteiger partial charge in [-0.25, -0.2) is 0 Å². The van der Waals surface area contributed by atoms with E-state index in [0.29, 0.717) is 31.6 Å². The van der Waals surface area contributed by atoms with E-state index >= 15 is 0 Å². The second-order valence-corrected chi connectivity index (χ2v) is 9.76. The number of rotatable bonds is 3. The summed E-state index contributed by atoms with van der Waals surface area (Å²) in [5, 5.41) is 22.5. The van der Waals surface area contributed by atoms with E-state index in [-0.39, 0.29) is 29.0 Å². The molecule has 0 radical (unpaired) electrons. The van der Waals surface area contributed by atoms with E-state index in [1.807, 2.05) is 13.0 Å². The van der Waals surface area contributed by atoms with E-state index in [1.165, 1.54) is 5.57 Å². The highest BCUT2D eigenvalue weighted by Gasteiger charge is 2.67. The summed E-state index contributed by atoms with van der Waals surface area (Å²) in [6, 6.07) is 0. The quantitative estimate of drug-likeness (QED) is 0.738. The summed E-state index contributed by atoms with van der Waals surface area (Å²) in [5.74, 6) is 1.29.